The molecule has 0 saturated carbocycles. The highest BCUT2D eigenvalue weighted by atomic mass is 16.8. The van der Waals surface area contributed by atoms with Crippen LogP contribution in [0.2, 0.25) is 0 Å². The number of Topliss-reactive ketones (excluding diaryl/α,β-unsaturated/α-hetero) is 1. The number of benzene rings is 1. The van der Waals surface area contributed by atoms with Gasteiger partial charge in [0.1, 0.15) is 42.3 Å². The van der Waals surface area contributed by atoms with Crippen molar-refractivity contribution in [3.63, 3.8) is 0 Å². The van der Waals surface area contributed by atoms with Gasteiger partial charge in [-0.05, 0) is 62.0 Å². The highest BCUT2D eigenvalue weighted by molar-refractivity contribution is 5.93. The molecule has 1 aromatic carbocycles. The number of aliphatic hydroxyl groups excluding tert-OH is 1. The fourth-order valence-corrected chi connectivity index (χ4v) is 13.9. The first-order valence-electron chi connectivity index (χ1n) is 27.3. The number of nitrogens with one attached hydrogen (secondary N) is 4. The van der Waals surface area contributed by atoms with Gasteiger partial charge in [-0.3, -0.25) is 29.0 Å². The number of hydrogen-bond donors (Lipinski definition) is 6. The van der Waals surface area contributed by atoms with Crippen LogP contribution in [0.1, 0.15) is 96.0 Å². The molecule has 20 atom stereocenters. The molecule has 0 radical (unpaired) electrons. The molecule has 9 saturated heterocycles. The Kier molecular flexibility index (Phi) is 15.4. The van der Waals surface area contributed by atoms with E-state index in [2.05, 4.69) is 34.8 Å². The first kappa shape index (κ1) is 52.8. The van der Waals surface area contributed by atoms with Gasteiger partial charge in [-0.2, -0.15) is 0 Å². The minimum Gasteiger partial charge on any atom is -0.391 e. The SMILES string of the molecule is C=C1C[C@@H]2CC[C@@]34C[C@H]5OC6C(O[C@H]7CC[C@@H]8CC(=O)C[C@@H]9[C@@H](OC)[C@@H](C[C@H](O)CNC(=O)CNC(=O)[C@H](Cc%10ccccc%10)NC(=O)CNC(=O)CN)O[C@H]9C[C@H]9O[C@@H](CC[C@@H]1O2)C[C@@H](C)C9=N[C@@]7(O8)[C@@H]6O3)[C@H]5O4. The Labute approximate surface area is 436 Å². The number of fused-ring (bicyclic) bond motifs is 5. The molecule has 12 aliphatic heterocycles. The molecule has 12 heterocycles. The maximum atomic E-state index is 14.5. The van der Waals surface area contributed by atoms with E-state index in [0.29, 0.717) is 38.5 Å². The Bertz CT molecular complexity index is 2360. The molecule has 21 heteroatoms. The van der Waals surface area contributed by atoms with Crippen LogP contribution in [0.3, 0.4) is 0 Å². The molecule has 75 heavy (non-hydrogen) atoms. The number of ketones is 1. The molecular weight excluding hydrogens is 973 g/mol. The molecule has 4 amide bonds. The van der Waals surface area contributed by atoms with Crippen molar-refractivity contribution in [3.8, 4) is 0 Å². The van der Waals surface area contributed by atoms with Crippen molar-refractivity contribution in [2.45, 2.75) is 206 Å². The number of hydrogen-bond acceptors (Lipinski definition) is 17. The van der Waals surface area contributed by atoms with Gasteiger partial charge in [-0.1, -0.05) is 43.8 Å². The number of nitrogens with zero attached hydrogens (tertiary/aromatic N) is 1. The molecule has 21 nitrogen and oxygen atoms in total. The Morgan fingerprint density at radius 1 is 0.827 bits per heavy atom. The summed E-state index contributed by atoms with van der Waals surface area (Å²) in [6.45, 7) is 5.35. The quantitative estimate of drug-likeness (QED) is 0.140. The standard InChI is InChI=1S/C54H74N6O15/c1-27-15-33-13-14-53-22-41-48(74-53)49-50(71-41)51(75-53)54-42(72-49)12-10-34(73-54)18-30(61)19-35-38(21-39-46(60-54)28(2)16-32(69-39)9-11-37(27)68-33)70-40(47(35)67-3)20-31(62)24-56-44(64)25-58-52(66)36(17-29-7-5-4-6-8-29)59-45(65)26-57-43(63)23-55/h4-8,28,31-42,47-51,62H,1,9-26,55H2,2-3H3,(H,56,64)(H,57,63)(H,58,66)(H,59,65)/t28-,31+,32+,33+,34-,35+,36+,37+,38+,39-,40-,41-,42+,47-,48+,49?,50?,51-,53+,54+/m1/s1. The van der Waals surface area contributed by atoms with Gasteiger partial charge in [0, 0.05) is 70.2 Å². The van der Waals surface area contributed by atoms with E-state index in [1.54, 1.807) is 31.4 Å². The fourth-order valence-electron chi connectivity index (χ4n) is 13.9. The van der Waals surface area contributed by atoms with E-state index in [9.17, 15) is 29.1 Å². The number of aliphatic hydroxyl groups is 1. The van der Waals surface area contributed by atoms with Crippen LogP contribution in [-0.2, 0) is 73.0 Å². The summed E-state index contributed by atoms with van der Waals surface area (Å²) in [6.07, 6.45) is 0.228. The van der Waals surface area contributed by atoms with E-state index >= 15 is 0 Å². The summed E-state index contributed by atoms with van der Waals surface area (Å²) >= 11 is 0. The third-order valence-corrected chi connectivity index (χ3v) is 17.4. The third-order valence-electron chi connectivity index (χ3n) is 17.4. The highest BCUT2D eigenvalue weighted by Crippen LogP contribution is 2.58. The van der Waals surface area contributed by atoms with Gasteiger partial charge in [-0.15, -0.1) is 0 Å². The van der Waals surface area contributed by atoms with Crippen LogP contribution in [-0.4, -0.2) is 183 Å². The predicted octanol–water partition coefficient (Wildman–Crippen LogP) is 0.740. The van der Waals surface area contributed by atoms with Crippen molar-refractivity contribution >= 4 is 35.1 Å². The highest BCUT2D eigenvalue weighted by Gasteiger charge is 2.73. The van der Waals surface area contributed by atoms with E-state index in [-0.39, 0.29) is 93.6 Å². The van der Waals surface area contributed by atoms with Gasteiger partial charge < -0.3 is 74.7 Å². The van der Waals surface area contributed by atoms with E-state index < -0.39 is 109 Å². The molecule has 0 aromatic heterocycles. The van der Waals surface area contributed by atoms with Gasteiger partial charge >= 0.3 is 0 Å². The van der Waals surface area contributed by atoms with Gasteiger partial charge in [0.25, 0.3) is 0 Å². The summed E-state index contributed by atoms with van der Waals surface area (Å²) < 4.78 is 62.4. The molecular formula is C54H74N6O15. The third kappa shape index (κ3) is 10.8. The lowest BCUT2D eigenvalue weighted by Gasteiger charge is -2.54. The molecule has 13 rings (SSSR count). The second-order valence-electron chi connectivity index (χ2n) is 22.6. The fraction of sp³-hybridized carbons (Fsp3) is 0.741. The van der Waals surface area contributed by atoms with Gasteiger partial charge in [0.15, 0.2) is 5.79 Å². The second-order valence-corrected chi connectivity index (χ2v) is 22.6. The van der Waals surface area contributed by atoms with Gasteiger partial charge in [-0.25, -0.2) is 0 Å². The lowest BCUT2D eigenvalue weighted by molar-refractivity contribution is -0.330. The van der Waals surface area contributed by atoms with Crippen molar-refractivity contribution in [1.29, 1.82) is 0 Å². The number of aliphatic imine (C=N–C) groups is 1. The summed E-state index contributed by atoms with van der Waals surface area (Å²) in [5.74, 6) is -3.74. The Morgan fingerprint density at radius 2 is 1.63 bits per heavy atom. The molecule has 12 aliphatic rings. The predicted molar refractivity (Wildman–Crippen MR) is 265 cm³/mol. The number of methoxy groups -OCH3 is 1. The number of carbonyl (C=O) groups excluding carboxylic acids is 5. The zero-order chi connectivity index (χ0) is 52.2. The van der Waals surface area contributed by atoms with Crippen LogP contribution in [0.4, 0.5) is 0 Å². The summed E-state index contributed by atoms with van der Waals surface area (Å²) in [5.41, 5.74) is 6.66. The van der Waals surface area contributed by atoms with Crippen molar-refractivity contribution in [3.05, 3.63) is 48.0 Å². The summed E-state index contributed by atoms with van der Waals surface area (Å²) in [4.78, 5) is 71.1. The van der Waals surface area contributed by atoms with E-state index in [1.165, 1.54) is 0 Å². The average molecular weight is 1050 g/mol. The molecule has 410 valence electrons. The average Bonchev–Trinajstić information content (AvgIpc) is 4.13. The second kappa shape index (κ2) is 21.9. The van der Waals surface area contributed by atoms with E-state index in [1.807, 2.05) is 6.07 Å². The monoisotopic (exact) mass is 1050 g/mol. The number of rotatable bonds is 14. The number of nitrogens with two attached hydrogens (primary N) is 1. The zero-order valence-electron chi connectivity index (χ0n) is 42.9. The van der Waals surface area contributed by atoms with Crippen molar-refractivity contribution in [2.24, 2.45) is 22.6 Å². The molecule has 2 unspecified atom stereocenters. The molecule has 0 aliphatic carbocycles. The lowest BCUT2D eigenvalue weighted by atomic mass is 9.79. The molecule has 7 N–H and O–H groups in total. The first-order chi connectivity index (χ1) is 36.2. The van der Waals surface area contributed by atoms with Crippen molar-refractivity contribution in [2.75, 3.05) is 33.3 Å². The van der Waals surface area contributed by atoms with E-state index in [4.69, 9.17) is 53.4 Å². The Hall–Kier alpha value is -4.26. The van der Waals surface area contributed by atoms with Crippen LogP contribution < -0.4 is 27.0 Å². The first-order valence-corrected chi connectivity index (χ1v) is 27.3. The topological polar surface area (TPSA) is 275 Å². The van der Waals surface area contributed by atoms with Gasteiger partial charge in [0.2, 0.25) is 29.4 Å². The largest absolute Gasteiger partial charge is 0.391 e. The van der Waals surface area contributed by atoms with Crippen LogP contribution >= 0.6 is 0 Å². The summed E-state index contributed by atoms with van der Waals surface area (Å²) in [7, 11) is 1.58. The zero-order valence-corrected chi connectivity index (χ0v) is 42.9. The maximum Gasteiger partial charge on any atom is 0.243 e. The Balaban J connectivity index is 0.805. The van der Waals surface area contributed by atoms with E-state index in [0.717, 1.165) is 42.5 Å². The molecule has 13 bridgehead atoms. The Morgan fingerprint density at radius 3 is 2.44 bits per heavy atom. The van der Waals surface area contributed by atoms with Crippen LogP contribution in [0, 0.1) is 11.8 Å². The summed E-state index contributed by atoms with van der Waals surface area (Å²) in [6, 6.07) is 7.97. The number of carbonyl (C=O) groups is 5. The minimum absolute atomic E-state index is 0.0113. The lowest BCUT2D eigenvalue weighted by Crippen LogP contribution is -2.70. The molecule has 9 fully saturated rings. The summed E-state index contributed by atoms with van der Waals surface area (Å²) in [5, 5.41) is 21.8. The maximum absolute atomic E-state index is 14.5. The smallest absolute Gasteiger partial charge is 0.243 e. The molecule has 1 aromatic rings. The van der Waals surface area contributed by atoms with Crippen molar-refractivity contribution < 1.29 is 71.7 Å². The minimum atomic E-state index is -1.35. The van der Waals surface area contributed by atoms with Gasteiger partial charge in [0.05, 0.1) is 80.7 Å². The number of ether oxygens (including phenoxy) is 9. The van der Waals surface area contributed by atoms with Crippen LogP contribution in [0.15, 0.2) is 47.5 Å². The number of amides is 4. The van der Waals surface area contributed by atoms with Crippen LogP contribution in [0.25, 0.3) is 0 Å². The van der Waals surface area contributed by atoms with Crippen molar-refractivity contribution in [1.82, 2.24) is 21.3 Å². The normalized spacial score (nSPS) is 41.3. The van der Waals surface area contributed by atoms with Crippen LogP contribution in [0.5, 0.6) is 0 Å². The molecule has 2 spiro atoms.